The number of methoxy groups -OCH3 is 1. The maximum absolute atomic E-state index is 12.2. The van der Waals surface area contributed by atoms with E-state index in [1.165, 1.54) is 0 Å². The molecule has 1 aromatic carbocycles. The van der Waals surface area contributed by atoms with Crippen LogP contribution in [0.25, 0.3) is 11.3 Å². The molecule has 2 rings (SSSR count). The molecular formula is C15H19N3O2S. The monoisotopic (exact) mass is 305 g/mol. The topological polar surface area (TPSA) is 64.1 Å². The number of benzene rings is 1. The molecule has 1 heterocycles. The lowest BCUT2D eigenvalue weighted by atomic mass is 10.1. The lowest BCUT2D eigenvalue weighted by Gasteiger charge is -2.05. The Labute approximate surface area is 128 Å². The molecule has 1 amide bonds. The molecule has 0 bridgehead atoms. The van der Waals surface area contributed by atoms with Gasteiger partial charge < -0.3 is 10.1 Å². The molecule has 0 radical (unpaired) electrons. The third-order valence-corrected chi connectivity index (χ3v) is 3.85. The first-order valence-corrected chi connectivity index (χ1v) is 7.78. The van der Waals surface area contributed by atoms with Crippen molar-refractivity contribution >= 4 is 17.4 Å². The molecule has 0 aliphatic rings. The minimum Gasteiger partial charge on any atom is -0.497 e. The second-order valence-corrected chi connectivity index (χ2v) is 5.40. The zero-order valence-electron chi connectivity index (χ0n) is 12.3. The molecule has 0 saturated carbocycles. The number of hydrogen-bond acceptors (Lipinski definition) is 5. The highest BCUT2D eigenvalue weighted by molar-refractivity contribution is 7.08. The summed E-state index contributed by atoms with van der Waals surface area (Å²) in [7, 11) is 1.62. The predicted molar refractivity (Wildman–Crippen MR) is 83.8 cm³/mol. The zero-order valence-corrected chi connectivity index (χ0v) is 13.1. The maximum Gasteiger partial charge on any atom is 0.265 e. The number of aromatic nitrogens is 2. The Hall–Kier alpha value is -1.95. The van der Waals surface area contributed by atoms with Gasteiger partial charge in [-0.15, -0.1) is 5.10 Å². The van der Waals surface area contributed by atoms with E-state index in [2.05, 4.69) is 21.8 Å². The van der Waals surface area contributed by atoms with Gasteiger partial charge in [0.25, 0.3) is 5.91 Å². The highest BCUT2D eigenvalue weighted by Gasteiger charge is 2.17. The van der Waals surface area contributed by atoms with Gasteiger partial charge in [-0.25, -0.2) is 0 Å². The SMILES string of the molecule is CCCCCNC(=O)c1snnc1-c1ccc(OC)cc1. The zero-order chi connectivity index (χ0) is 15.1. The molecule has 0 unspecified atom stereocenters. The molecule has 0 aliphatic carbocycles. The first-order chi connectivity index (χ1) is 10.3. The summed E-state index contributed by atoms with van der Waals surface area (Å²) in [6, 6.07) is 7.45. The number of nitrogens with one attached hydrogen (secondary N) is 1. The molecule has 0 saturated heterocycles. The Kier molecular flexibility index (Phi) is 5.68. The van der Waals surface area contributed by atoms with Gasteiger partial charge in [-0.2, -0.15) is 0 Å². The molecule has 1 N–H and O–H groups in total. The quantitative estimate of drug-likeness (QED) is 0.798. The van der Waals surface area contributed by atoms with Crippen LogP contribution in [-0.4, -0.2) is 29.1 Å². The van der Waals surface area contributed by atoms with Crippen molar-refractivity contribution in [1.82, 2.24) is 14.9 Å². The number of nitrogens with zero attached hydrogens (tertiary/aromatic N) is 2. The Morgan fingerprint density at radius 3 is 2.71 bits per heavy atom. The van der Waals surface area contributed by atoms with E-state index in [0.29, 0.717) is 17.1 Å². The third-order valence-electron chi connectivity index (χ3n) is 3.12. The standard InChI is InChI=1S/C15H19N3O2S/c1-3-4-5-10-16-15(19)14-13(17-18-21-14)11-6-8-12(20-2)9-7-11/h6-9H,3-5,10H2,1-2H3,(H,16,19). The minimum absolute atomic E-state index is 0.105. The number of ether oxygens (including phenoxy) is 1. The van der Waals surface area contributed by atoms with Crippen molar-refractivity contribution in [1.29, 1.82) is 0 Å². The van der Waals surface area contributed by atoms with Crippen LogP contribution in [0.2, 0.25) is 0 Å². The molecule has 5 nitrogen and oxygen atoms in total. The minimum atomic E-state index is -0.105. The molecule has 0 atom stereocenters. The normalized spacial score (nSPS) is 10.4. The molecule has 112 valence electrons. The van der Waals surface area contributed by atoms with Crippen molar-refractivity contribution in [2.75, 3.05) is 13.7 Å². The van der Waals surface area contributed by atoms with Gasteiger partial charge in [-0.1, -0.05) is 24.3 Å². The fourth-order valence-corrected chi connectivity index (χ4v) is 2.54. The van der Waals surface area contributed by atoms with Crippen molar-refractivity contribution in [3.8, 4) is 17.0 Å². The van der Waals surface area contributed by atoms with Crippen molar-refractivity contribution in [2.24, 2.45) is 0 Å². The van der Waals surface area contributed by atoms with E-state index in [0.717, 1.165) is 42.1 Å². The van der Waals surface area contributed by atoms with Gasteiger partial charge in [-0.3, -0.25) is 4.79 Å². The molecule has 2 aromatic rings. The van der Waals surface area contributed by atoms with Crippen LogP contribution < -0.4 is 10.1 Å². The second-order valence-electron chi connectivity index (χ2n) is 4.64. The molecular weight excluding hydrogens is 286 g/mol. The molecule has 21 heavy (non-hydrogen) atoms. The number of amides is 1. The fourth-order valence-electron chi connectivity index (χ4n) is 1.93. The molecule has 1 aromatic heterocycles. The lowest BCUT2D eigenvalue weighted by Crippen LogP contribution is -2.24. The highest BCUT2D eigenvalue weighted by atomic mass is 32.1. The van der Waals surface area contributed by atoms with Crippen molar-refractivity contribution in [3.63, 3.8) is 0 Å². The van der Waals surface area contributed by atoms with E-state index >= 15 is 0 Å². The largest absolute Gasteiger partial charge is 0.497 e. The summed E-state index contributed by atoms with van der Waals surface area (Å²) >= 11 is 1.12. The van der Waals surface area contributed by atoms with Gasteiger partial charge in [0.1, 0.15) is 16.3 Å². The van der Waals surface area contributed by atoms with Gasteiger partial charge in [0.05, 0.1) is 7.11 Å². The lowest BCUT2D eigenvalue weighted by molar-refractivity contribution is 0.0957. The van der Waals surface area contributed by atoms with E-state index in [4.69, 9.17) is 4.74 Å². The van der Waals surface area contributed by atoms with Crippen molar-refractivity contribution < 1.29 is 9.53 Å². The average molecular weight is 305 g/mol. The number of carbonyl (C=O) groups excluding carboxylic acids is 1. The Bertz CT molecular complexity index is 581. The summed E-state index contributed by atoms with van der Waals surface area (Å²) < 4.78 is 9.03. The molecule has 0 fully saturated rings. The highest BCUT2D eigenvalue weighted by Crippen LogP contribution is 2.25. The summed E-state index contributed by atoms with van der Waals surface area (Å²) in [5, 5.41) is 6.99. The molecule has 0 aliphatic heterocycles. The first-order valence-electron chi connectivity index (χ1n) is 7.01. The van der Waals surface area contributed by atoms with Gasteiger partial charge in [0, 0.05) is 12.1 Å². The first kappa shape index (κ1) is 15.4. The molecule has 6 heteroatoms. The summed E-state index contributed by atoms with van der Waals surface area (Å²) in [6.45, 7) is 2.82. The third kappa shape index (κ3) is 4.01. The molecule has 0 spiro atoms. The van der Waals surface area contributed by atoms with Crippen LogP contribution in [0, 0.1) is 0 Å². The van der Waals surface area contributed by atoms with Crippen LogP contribution >= 0.6 is 11.5 Å². The van der Waals surface area contributed by atoms with Crippen LogP contribution in [0.1, 0.15) is 35.9 Å². The van der Waals surface area contributed by atoms with E-state index in [1.807, 2.05) is 24.3 Å². The summed E-state index contributed by atoms with van der Waals surface area (Å²) in [5.41, 5.74) is 1.49. The van der Waals surface area contributed by atoms with Crippen molar-refractivity contribution in [3.05, 3.63) is 29.1 Å². The second kappa shape index (κ2) is 7.73. The smallest absolute Gasteiger partial charge is 0.265 e. The summed E-state index contributed by atoms with van der Waals surface area (Å²) in [6.07, 6.45) is 3.24. The summed E-state index contributed by atoms with van der Waals surface area (Å²) in [4.78, 5) is 12.7. The Morgan fingerprint density at radius 1 is 1.29 bits per heavy atom. The predicted octanol–water partition coefficient (Wildman–Crippen LogP) is 3.13. The number of unbranched alkanes of at least 4 members (excludes halogenated alkanes) is 2. The van der Waals surface area contributed by atoms with Gasteiger partial charge in [0.15, 0.2) is 0 Å². The van der Waals surface area contributed by atoms with E-state index in [9.17, 15) is 4.79 Å². The van der Waals surface area contributed by atoms with E-state index in [1.54, 1.807) is 7.11 Å². The van der Waals surface area contributed by atoms with Gasteiger partial charge in [-0.05, 0) is 42.2 Å². The van der Waals surface area contributed by atoms with Gasteiger partial charge in [0.2, 0.25) is 0 Å². The maximum atomic E-state index is 12.2. The van der Waals surface area contributed by atoms with Crippen LogP contribution in [0.15, 0.2) is 24.3 Å². The van der Waals surface area contributed by atoms with Crippen LogP contribution in [0.5, 0.6) is 5.75 Å². The number of carbonyl (C=O) groups is 1. The average Bonchev–Trinajstić information content (AvgIpc) is 3.01. The summed E-state index contributed by atoms with van der Waals surface area (Å²) in [5.74, 6) is 0.666. The van der Waals surface area contributed by atoms with Crippen LogP contribution in [0.3, 0.4) is 0 Å². The fraction of sp³-hybridized carbons (Fsp3) is 0.400. The Balaban J connectivity index is 2.08. The number of hydrogen-bond donors (Lipinski definition) is 1. The van der Waals surface area contributed by atoms with Crippen LogP contribution in [-0.2, 0) is 0 Å². The van der Waals surface area contributed by atoms with E-state index < -0.39 is 0 Å². The van der Waals surface area contributed by atoms with Crippen molar-refractivity contribution in [2.45, 2.75) is 26.2 Å². The van der Waals surface area contributed by atoms with Crippen LogP contribution in [0.4, 0.5) is 0 Å². The van der Waals surface area contributed by atoms with Gasteiger partial charge >= 0.3 is 0 Å². The number of rotatable bonds is 7. The van der Waals surface area contributed by atoms with E-state index in [-0.39, 0.29) is 5.91 Å². The Morgan fingerprint density at radius 2 is 2.05 bits per heavy atom.